The molecular formula is C16H19BrN2. The van der Waals surface area contributed by atoms with Crippen LogP contribution in [0.4, 0.5) is 11.4 Å². The summed E-state index contributed by atoms with van der Waals surface area (Å²) in [5.74, 6) is 0. The van der Waals surface area contributed by atoms with Gasteiger partial charge in [-0.15, -0.1) is 0 Å². The van der Waals surface area contributed by atoms with E-state index < -0.39 is 0 Å². The number of benzene rings is 2. The number of nitrogens with one attached hydrogen (secondary N) is 1. The molecule has 0 bridgehead atoms. The Bertz CT molecular complexity index is 564. The zero-order valence-corrected chi connectivity index (χ0v) is 13.2. The maximum absolute atomic E-state index is 3.57. The third-order valence-electron chi connectivity index (χ3n) is 3.13. The lowest BCUT2D eigenvalue weighted by Gasteiger charge is -2.17. The molecule has 0 aliphatic heterocycles. The second-order valence-corrected chi connectivity index (χ2v) is 5.69. The number of hydrogen-bond acceptors (Lipinski definition) is 2. The molecule has 0 amide bonds. The van der Waals surface area contributed by atoms with Crippen molar-refractivity contribution in [2.75, 3.05) is 24.3 Å². The van der Waals surface area contributed by atoms with E-state index in [9.17, 15) is 0 Å². The topological polar surface area (TPSA) is 15.3 Å². The van der Waals surface area contributed by atoms with Gasteiger partial charge in [0.2, 0.25) is 0 Å². The van der Waals surface area contributed by atoms with Crippen LogP contribution in [0.5, 0.6) is 0 Å². The second-order valence-electron chi connectivity index (χ2n) is 4.84. The van der Waals surface area contributed by atoms with E-state index in [2.05, 4.69) is 83.6 Å². The summed E-state index contributed by atoms with van der Waals surface area (Å²) in [4.78, 5) is 2.14. The summed E-state index contributed by atoms with van der Waals surface area (Å²) < 4.78 is 1.14. The van der Waals surface area contributed by atoms with Gasteiger partial charge >= 0.3 is 0 Å². The SMILES string of the molecule is Cc1ccc(NCc2ccccc2Br)cc1N(C)C. The summed E-state index contributed by atoms with van der Waals surface area (Å²) >= 11 is 3.57. The lowest BCUT2D eigenvalue weighted by atomic mass is 10.1. The highest BCUT2D eigenvalue weighted by Crippen LogP contribution is 2.23. The first kappa shape index (κ1) is 13.9. The number of halogens is 1. The molecule has 0 fully saturated rings. The van der Waals surface area contributed by atoms with E-state index in [1.807, 2.05) is 6.07 Å². The Morgan fingerprint density at radius 1 is 1.11 bits per heavy atom. The van der Waals surface area contributed by atoms with Crippen LogP contribution in [0.3, 0.4) is 0 Å². The van der Waals surface area contributed by atoms with E-state index in [1.54, 1.807) is 0 Å². The highest BCUT2D eigenvalue weighted by molar-refractivity contribution is 9.10. The number of rotatable bonds is 4. The van der Waals surface area contributed by atoms with Crippen molar-refractivity contribution in [3.63, 3.8) is 0 Å². The average Bonchev–Trinajstić information content (AvgIpc) is 2.39. The molecule has 100 valence electrons. The fraction of sp³-hybridized carbons (Fsp3) is 0.250. The average molecular weight is 319 g/mol. The zero-order chi connectivity index (χ0) is 13.8. The van der Waals surface area contributed by atoms with Crippen molar-refractivity contribution in [2.24, 2.45) is 0 Å². The first-order chi connectivity index (χ1) is 9.08. The summed E-state index contributed by atoms with van der Waals surface area (Å²) in [7, 11) is 4.14. The molecule has 0 saturated carbocycles. The van der Waals surface area contributed by atoms with Crippen molar-refractivity contribution in [1.29, 1.82) is 0 Å². The molecule has 0 aromatic heterocycles. The summed E-state index contributed by atoms with van der Waals surface area (Å²) in [5, 5.41) is 3.47. The highest BCUT2D eigenvalue weighted by Gasteiger charge is 2.03. The molecule has 0 radical (unpaired) electrons. The van der Waals surface area contributed by atoms with E-state index in [4.69, 9.17) is 0 Å². The summed E-state index contributed by atoms with van der Waals surface area (Å²) in [6, 6.07) is 14.7. The fourth-order valence-corrected chi connectivity index (χ4v) is 2.47. The quantitative estimate of drug-likeness (QED) is 0.896. The zero-order valence-electron chi connectivity index (χ0n) is 11.6. The predicted molar refractivity (Wildman–Crippen MR) is 87.0 cm³/mol. The smallest absolute Gasteiger partial charge is 0.0411 e. The van der Waals surface area contributed by atoms with Crippen LogP contribution in [0.25, 0.3) is 0 Å². The Labute approximate surface area is 123 Å². The van der Waals surface area contributed by atoms with Gasteiger partial charge in [0.15, 0.2) is 0 Å². The normalized spacial score (nSPS) is 10.3. The first-order valence-electron chi connectivity index (χ1n) is 6.33. The van der Waals surface area contributed by atoms with Crippen molar-refractivity contribution in [3.05, 3.63) is 58.1 Å². The maximum atomic E-state index is 3.57. The number of hydrogen-bond donors (Lipinski definition) is 1. The molecule has 3 heteroatoms. The molecule has 0 aliphatic rings. The van der Waals surface area contributed by atoms with Crippen molar-refractivity contribution in [3.8, 4) is 0 Å². The van der Waals surface area contributed by atoms with Crippen LogP contribution in [0, 0.1) is 6.92 Å². The Hall–Kier alpha value is -1.48. The monoisotopic (exact) mass is 318 g/mol. The van der Waals surface area contributed by atoms with Crippen LogP contribution >= 0.6 is 15.9 Å². The molecule has 0 unspecified atom stereocenters. The van der Waals surface area contributed by atoms with Gasteiger partial charge in [0.1, 0.15) is 0 Å². The Morgan fingerprint density at radius 2 is 1.84 bits per heavy atom. The van der Waals surface area contributed by atoms with Gasteiger partial charge in [0.05, 0.1) is 0 Å². The second kappa shape index (κ2) is 6.11. The van der Waals surface area contributed by atoms with E-state index in [-0.39, 0.29) is 0 Å². The fourth-order valence-electron chi connectivity index (χ4n) is 2.04. The van der Waals surface area contributed by atoms with E-state index in [0.29, 0.717) is 0 Å². The molecular weight excluding hydrogens is 300 g/mol. The van der Waals surface area contributed by atoms with Gasteiger partial charge in [-0.05, 0) is 36.2 Å². The van der Waals surface area contributed by atoms with Crippen LogP contribution in [0.2, 0.25) is 0 Å². The molecule has 0 heterocycles. The van der Waals surface area contributed by atoms with E-state index >= 15 is 0 Å². The van der Waals surface area contributed by atoms with Gasteiger partial charge in [0.25, 0.3) is 0 Å². The minimum atomic E-state index is 0.817. The number of anilines is 2. The van der Waals surface area contributed by atoms with Gasteiger partial charge in [-0.25, -0.2) is 0 Å². The Kier molecular flexibility index (Phi) is 4.48. The van der Waals surface area contributed by atoms with Crippen LogP contribution < -0.4 is 10.2 Å². The molecule has 0 spiro atoms. The first-order valence-corrected chi connectivity index (χ1v) is 7.12. The van der Waals surface area contributed by atoms with E-state index in [1.165, 1.54) is 16.8 Å². The van der Waals surface area contributed by atoms with Crippen LogP contribution in [0.15, 0.2) is 46.9 Å². The molecule has 2 nitrogen and oxygen atoms in total. The van der Waals surface area contributed by atoms with Crippen molar-refractivity contribution < 1.29 is 0 Å². The Balaban J connectivity index is 2.12. The van der Waals surface area contributed by atoms with Gasteiger partial charge in [-0.3, -0.25) is 0 Å². The summed E-state index contributed by atoms with van der Waals surface area (Å²) in [6.45, 7) is 2.95. The molecule has 0 saturated heterocycles. The highest BCUT2D eigenvalue weighted by atomic mass is 79.9. The predicted octanol–water partition coefficient (Wildman–Crippen LogP) is 4.44. The minimum Gasteiger partial charge on any atom is -0.381 e. The van der Waals surface area contributed by atoms with Gasteiger partial charge in [-0.2, -0.15) is 0 Å². The van der Waals surface area contributed by atoms with Crippen LogP contribution in [0.1, 0.15) is 11.1 Å². The molecule has 2 rings (SSSR count). The van der Waals surface area contributed by atoms with Crippen molar-refractivity contribution in [2.45, 2.75) is 13.5 Å². The molecule has 1 N–H and O–H groups in total. The summed E-state index contributed by atoms with van der Waals surface area (Å²) in [6.07, 6.45) is 0. The lowest BCUT2D eigenvalue weighted by molar-refractivity contribution is 1.10. The third-order valence-corrected chi connectivity index (χ3v) is 3.91. The van der Waals surface area contributed by atoms with Gasteiger partial charge < -0.3 is 10.2 Å². The van der Waals surface area contributed by atoms with Crippen molar-refractivity contribution in [1.82, 2.24) is 0 Å². The molecule has 0 atom stereocenters. The third kappa shape index (κ3) is 3.51. The Morgan fingerprint density at radius 3 is 2.53 bits per heavy atom. The minimum absolute atomic E-state index is 0.817. The molecule has 0 aliphatic carbocycles. The van der Waals surface area contributed by atoms with Crippen molar-refractivity contribution >= 4 is 27.3 Å². The number of aryl methyl sites for hydroxylation is 1. The van der Waals surface area contributed by atoms with Crippen LogP contribution in [-0.4, -0.2) is 14.1 Å². The largest absolute Gasteiger partial charge is 0.381 e. The molecule has 2 aromatic carbocycles. The van der Waals surface area contributed by atoms with Gasteiger partial charge in [0, 0.05) is 36.5 Å². The van der Waals surface area contributed by atoms with E-state index in [0.717, 1.165) is 16.7 Å². The summed E-state index contributed by atoms with van der Waals surface area (Å²) in [5.41, 5.74) is 4.94. The lowest BCUT2D eigenvalue weighted by Crippen LogP contribution is -2.11. The molecule has 19 heavy (non-hydrogen) atoms. The molecule has 2 aromatic rings. The number of nitrogens with zero attached hydrogens (tertiary/aromatic N) is 1. The maximum Gasteiger partial charge on any atom is 0.0411 e. The van der Waals surface area contributed by atoms with Crippen LogP contribution in [-0.2, 0) is 6.54 Å². The standard InChI is InChI=1S/C16H19BrN2/c1-12-8-9-14(10-16(12)19(2)3)18-11-13-6-4-5-7-15(13)17/h4-10,18H,11H2,1-3H3. The van der Waals surface area contributed by atoms with Gasteiger partial charge in [-0.1, -0.05) is 40.2 Å².